The van der Waals surface area contributed by atoms with Crippen molar-refractivity contribution >= 4 is 5.82 Å². The van der Waals surface area contributed by atoms with E-state index in [1.54, 1.807) is 0 Å². The minimum Gasteiger partial charge on any atom is -0.486 e. The highest BCUT2D eigenvalue weighted by Gasteiger charge is 2.28. The van der Waals surface area contributed by atoms with Crippen LogP contribution in [0.2, 0.25) is 0 Å². The van der Waals surface area contributed by atoms with E-state index in [2.05, 4.69) is 33.1 Å². The number of ether oxygens (including phenoxy) is 2. The van der Waals surface area contributed by atoms with Crippen LogP contribution in [0.4, 0.5) is 5.82 Å². The first-order valence-corrected chi connectivity index (χ1v) is 8.19. The molecule has 3 heterocycles. The predicted octanol–water partition coefficient (Wildman–Crippen LogP) is 3.21. The smallest absolute Gasteiger partial charge is 0.161 e. The van der Waals surface area contributed by atoms with E-state index in [0.29, 0.717) is 19.3 Å². The first kappa shape index (κ1) is 14.3. The Morgan fingerprint density at radius 3 is 2.70 bits per heavy atom. The molecule has 1 fully saturated rings. The molecule has 23 heavy (non-hydrogen) atoms. The van der Waals surface area contributed by atoms with Crippen molar-refractivity contribution in [3.63, 3.8) is 0 Å². The molecule has 5 nitrogen and oxygen atoms in total. The lowest BCUT2D eigenvalue weighted by atomic mass is 10.0. The average Bonchev–Trinajstić information content (AvgIpc) is 3.03. The summed E-state index contributed by atoms with van der Waals surface area (Å²) < 4.78 is 11.4. The van der Waals surface area contributed by atoms with E-state index in [1.807, 2.05) is 19.9 Å². The number of rotatable bonds is 2. The van der Waals surface area contributed by atoms with E-state index in [4.69, 9.17) is 9.47 Å². The lowest BCUT2D eigenvalue weighted by Gasteiger charge is -2.27. The molecule has 5 heteroatoms. The number of aromatic nitrogens is 2. The summed E-state index contributed by atoms with van der Waals surface area (Å²) >= 11 is 0. The summed E-state index contributed by atoms with van der Waals surface area (Å²) in [7, 11) is 0. The molecule has 0 unspecified atom stereocenters. The average molecular weight is 311 g/mol. The van der Waals surface area contributed by atoms with E-state index in [9.17, 15) is 0 Å². The Morgan fingerprint density at radius 2 is 1.87 bits per heavy atom. The molecule has 2 aliphatic rings. The lowest BCUT2D eigenvalue weighted by molar-refractivity contribution is 0.171. The molecular formula is C18H21N3O2. The van der Waals surface area contributed by atoms with Crippen molar-refractivity contribution in [1.29, 1.82) is 0 Å². The van der Waals surface area contributed by atoms with Crippen LogP contribution < -0.4 is 14.4 Å². The summed E-state index contributed by atoms with van der Waals surface area (Å²) in [6, 6.07) is 8.70. The Kier molecular flexibility index (Phi) is 3.56. The first-order valence-electron chi connectivity index (χ1n) is 8.19. The van der Waals surface area contributed by atoms with Gasteiger partial charge in [-0.1, -0.05) is 6.07 Å². The van der Waals surface area contributed by atoms with Gasteiger partial charge in [0.05, 0.1) is 6.04 Å². The fourth-order valence-corrected chi connectivity index (χ4v) is 3.50. The lowest BCUT2D eigenvalue weighted by Crippen LogP contribution is -2.24. The Labute approximate surface area is 136 Å². The van der Waals surface area contributed by atoms with Crippen molar-refractivity contribution in [2.75, 3.05) is 24.7 Å². The molecule has 0 aliphatic carbocycles. The van der Waals surface area contributed by atoms with Gasteiger partial charge in [-0.15, -0.1) is 0 Å². The van der Waals surface area contributed by atoms with Crippen molar-refractivity contribution in [3.05, 3.63) is 41.3 Å². The fourth-order valence-electron chi connectivity index (χ4n) is 3.50. The largest absolute Gasteiger partial charge is 0.486 e. The van der Waals surface area contributed by atoms with Gasteiger partial charge in [0.1, 0.15) is 24.9 Å². The van der Waals surface area contributed by atoms with Crippen LogP contribution in [0.1, 0.15) is 36.0 Å². The highest BCUT2D eigenvalue weighted by Crippen LogP contribution is 2.39. The zero-order valence-electron chi connectivity index (χ0n) is 13.6. The molecule has 1 aromatic heterocycles. The van der Waals surface area contributed by atoms with Gasteiger partial charge in [-0.25, -0.2) is 9.97 Å². The molecule has 1 atom stereocenters. The zero-order chi connectivity index (χ0) is 15.8. The van der Waals surface area contributed by atoms with Crippen LogP contribution in [0.3, 0.4) is 0 Å². The van der Waals surface area contributed by atoms with Gasteiger partial charge < -0.3 is 14.4 Å². The third-order valence-electron chi connectivity index (χ3n) is 4.45. The molecule has 0 amide bonds. The molecule has 0 saturated carbocycles. The highest BCUT2D eigenvalue weighted by molar-refractivity contribution is 5.49. The maximum Gasteiger partial charge on any atom is 0.161 e. The Balaban J connectivity index is 1.67. The number of fused-ring (bicyclic) bond motifs is 1. The Morgan fingerprint density at radius 1 is 1.04 bits per heavy atom. The molecule has 1 saturated heterocycles. The van der Waals surface area contributed by atoms with Crippen LogP contribution in [0.5, 0.6) is 11.5 Å². The molecule has 1 aromatic carbocycles. The zero-order valence-corrected chi connectivity index (χ0v) is 13.6. The van der Waals surface area contributed by atoms with Crippen LogP contribution in [-0.4, -0.2) is 29.7 Å². The molecule has 0 bridgehead atoms. The van der Waals surface area contributed by atoms with E-state index in [-0.39, 0.29) is 0 Å². The molecule has 4 rings (SSSR count). The Bertz CT molecular complexity index is 712. The number of nitrogens with zero attached hydrogens (tertiary/aromatic N) is 3. The molecule has 2 aliphatic heterocycles. The number of anilines is 1. The van der Waals surface area contributed by atoms with Crippen LogP contribution in [0.25, 0.3) is 0 Å². The van der Waals surface area contributed by atoms with Crippen LogP contribution in [-0.2, 0) is 0 Å². The van der Waals surface area contributed by atoms with E-state index < -0.39 is 0 Å². The summed E-state index contributed by atoms with van der Waals surface area (Å²) in [5, 5.41) is 0. The predicted molar refractivity (Wildman–Crippen MR) is 88.3 cm³/mol. The van der Waals surface area contributed by atoms with Crippen molar-refractivity contribution < 1.29 is 9.47 Å². The highest BCUT2D eigenvalue weighted by atomic mass is 16.6. The van der Waals surface area contributed by atoms with Gasteiger partial charge in [-0.2, -0.15) is 0 Å². The summed E-state index contributed by atoms with van der Waals surface area (Å²) in [5.74, 6) is 3.55. The molecule has 2 aromatic rings. The second-order valence-electron chi connectivity index (χ2n) is 6.17. The number of hydrogen-bond donors (Lipinski definition) is 0. The molecule has 0 spiro atoms. The van der Waals surface area contributed by atoms with Crippen LogP contribution in [0.15, 0.2) is 24.3 Å². The van der Waals surface area contributed by atoms with Gasteiger partial charge in [-0.3, -0.25) is 0 Å². The third-order valence-corrected chi connectivity index (χ3v) is 4.45. The topological polar surface area (TPSA) is 47.5 Å². The maximum absolute atomic E-state index is 5.73. The van der Waals surface area contributed by atoms with Gasteiger partial charge in [0.15, 0.2) is 11.5 Å². The van der Waals surface area contributed by atoms with E-state index in [1.165, 1.54) is 12.0 Å². The minimum atomic E-state index is 0.333. The number of benzene rings is 1. The quantitative estimate of drug-likeness (QED) is 0.852. The van der Waals surface area contributed by atoms with Crippen LogP contribution in [0, 0.1) is 13.8 Å². The van der Waals surface area contributed by atoms with Gasteiger partial charge >= 0.3 is 0 Å². The van der Waals surface area contributed by atoms with Crippen molar-refractivity contribution in [1.82, 2.24) is 9.97 Å². The standard InChI is InChI=1S/C18H21N3O2/c1-12-10-18(20-13(2)19-12)21-7-3-4-15(21)14-5-6-16-17(11-14)23-9-8-22-16/h5-6,10-11,15H,3-4,7-9H2,1-2H3/t15-/m0/s1. The second kappa shape index (κ2) is 5.72. The first-order chi connectivity index (χ1) is 11.2. The van der Waals surface area contributed by atoms with Crippen molar-refractivity contribution in [2.45, 2.75) is 32.7 Å². The van der Waals surface area contributed by atoms with Crippen molar-refractivity contribution in [3.8, 4) is 11.5 Å². The monoisotopic (exact) mass is 311 g/mol. The molecule has 120 valence electrons. The summed E-state index contributed by atoms with van der Waals surface area (Å²) in [6.07, 6.45) is 2.29. The molecule has 0 radical (unpaired) electrons. The summed E-state index contributed by atoms with van der Waals surface area (Å²) in [6.45, 7) is 6.24. The number of aryl methyl sites for hydroxylation is 2. The summed E-state index contributed by atoms with van der Waals surface area (Å²) in [5.41, 5.74) is 2.28. The SMILES string of the molecule is Cc1cc(N2CCC[C@H]2c2ccc3c(c2)OCCO3)nc(C)n1. The minimum absolute atomic E-state index is 0.333. The summed E-state index contributed by atoms with van der Waals surface area (Å²) in [4.78, 5) is 11.4. The normalized spacial score (nSPS) is 19.9. The third kappa shape index (κ3) is 2.71. The number of hydrogen-bond acceptors (Lipinski definition) is 5. The van der Waals surface area contributed by atoms with Gasteiger partial charge in [-0.05, 0) is 44.4 Å². The van der Waals surface area contributed by atoms with E-state index >= 15 is 0 Å². The van der Waals surface area contributed by atoms with Crippen molar-refractivity contribution in [2.24, 2.45) is 0 Å². The fraction of sp³-hybridized carbons (Fsp3) is 0.444. The molecular weight excluding hydrogens is 290 g/mol. The Hall–Kier alpha value is -2.30. The van der Waals surface area contributed by atoms with Gasteiger partial charge in [0.2, 0.25) is 0 Å². The second-order valence-corrected chi connectivity index (χ2v) is 6.17. The van der Waals surface area contributed by atoms with E-state index in [0.717, 1.165) is 41.8 Å². The van der Waals surface area contributed by atoms with Gasteiger partial charge in [0.25, 0.3) is 0 Å². The maximum atomic E-state index is 5.73. The molecule has 0 N–H and O–H groups in total. The van der Waals surface area contributed by atoms with Crippen LogP contribution >= 0.6 is 0 Å². The van der Waals surface area contributed by atoms with Gasteiger partial charge in [0, 0.05) is 18.3 Å².